The molecule has 1 heterocycles. The monoisotopic (exact) mass is 356 g/mol. The minimum atomic E-state index is -1.37. The summed E-state index contributed by atoms with van der Waals surface area (Å²) in [7, 11) is 0. The number of halogens is 5. The molecule has 0 radical (unpaired) electrons. The van der Waals surface area contributed by atoms with Crippen LogP contribution in [0.3, 0.4) is 0 Å². The largest absolute Gasteiger partial charge is 0.314 e. The zero-order valence-electron chi connectivity index (χ0n) is 12.2. The molecule has 1 aliphatic carbocycles. The molecule has 1 saturated carbocycles. The SMILES string of the molecule is Cl.Cl.Fc1cc([C@@H](C2CCC2)N2CCNCC2)cc(F)c1F. The Morgan fingerprint density at radius 3 is 2.00 bits per heavy atom. The number of hydrogen-bond donors (Lipinski definition) is 1. The fourth-order valence-corrected chi connectivity index (χ4v) is 3.24. The van der Waals surface area contributed by atoms with E-state index in [1.165, 1.54) is 18.6 Å². The fourth-order valence-electron chi connectivity index (χ4n) is 3.24. The van der Waals surface area contributed by atoms with Crippen molar-refractivity contribution in [3.63, 3.8) is 0 Å². The molecule has 0 bridgehead atoms. The highest BCUT2D eigenvalue weighted by molar-refractivity contribution is 5.85. The van der Waals surface area contributed by atoms with Crippen molar-refractivity contribution in [1.82, 2.24) is 10.2 Å². The van der Waals surface area contributed by atoms with Crippen molar-refractivity contribution in [2.45, 2.75) is 25.3 Å². The third kappa shape index (κ3) is 3.88. The highest BCUT2D eigenvalue weighted by Gasteiger charge is 2.34. The van der Waals surface area contributed by atoms with Gasteiger partial charge in [-0.3, -0.25) is 4.90 Å². The molecule has 126 valence electrons. The molecular weight excluding hydrogens is 336 g/mol. The molecule has 1 N–H and O–H groups in total. The summed E-state index contributed by atoms with van der Waals surface area (Å²) in [5.41, 5.74) is 0.577. The highest BCUT2D eigenvalue weighted by Crippen LogP contribution is 2.42. The van der Waals surface area contributed by atoms with Crippen molar-refractivity contribution in [3.05, 3.63) is 35.1 Å². The first kappa shape index (κ1) is 19.6. The first-order valence-corrected chi connectivity index (χ1v) is 7.26. The van der Waals surface area contributed by atoms with Gasteiger partial charge in [-0.2, -0.15) is 0 Å². The smallest absolute Gasteiger partial charge is 0.194 e. The van der Waals surface area contributed by atoms with Crippen molar-refractivity contribution >= 4 is 24.8 Å². The second-order valence-corrected chi connectivity index (χ2v) is 5.72. The van der Waals surface area contributed by atoms with Crippen LogP contribution in [0, 0.1) is 23.4 Å². The summed E-state index contributed by atoms with van der Waals surface area (Å²) >= 11 is 0. The van der Waals surface area contributed by atoms with E-state index in [2.05, 4.69) is 10.2 Å². The number of rotatable bonds is 3. The number of piperazine rings is 1. The van der Waals surface area contributed by atoms with Gasteiger partial charge in [0.2, 0.25) is 0 Å². The normalized spacial score (nSPS) is 20.5. The molecule has 1 aliphatic heterocycles. The van der Waals surface area contributed by atoms with E-state index >= 15 is 0 Å². The lowest BCUT2D eigenvalue weighted by atomic mass is 9.76. The molecule has 0 spiro atoms. The lowest BCUT2D eigenvalue weighted by molar-refractivity contribution is 0.0831. The van der Waals surface area contributed by atoms with Gasteiger partial charge in [-0.1, -0.05) is 6.42 Å². The lowest BCUT2D eigenvalue weighted by Gasteiger charge is -2.43. The summed E-state index contributed by atoms with van der Waals surface area (Å²) in [5.74, 6) is -3.11. The molecule has 7 heteroatoms. The van der Waals surface area contributed by atoms with Gasteiger partial charge in [0.15, 0.2) is 17.5 Å². The van der Waals surface area contributed by atoms with Gasteiger partial charge in [0, 0.05) is 32.2 Å². The second-order valence-electron chi connectivity index (χ2n) is 5.72. The standard InChI is InChI=1S/C15H19F3N2.2ClH/c16-12-8-11(9-13(17)14(12)18)15(10-2-1-3-10)20-6-4-19-5-7-20;;/h8-10,15,19H,1-7H2;2*1H/t15-;;/m1../s1. The summed E-state index contributed by atoms with van der Waals surface area (Å²) in [5, 5.41) is 3.28. The molecule has 2 nitrogen and oxygen atoms in total. The number of nitrogens with zero attached hydrogens (tertiary/aromatic N) is 1. The topological polar surface area (TPSA) is 15.3 Å². The Kier molecular flexibility index (Phi) is 7.46. The van der Waals surface area contributed by atoms with Gasteiger partial charge in [-0.15, -0.1) is 24.8 Å². The van der Waals surface area contributed by atoms with Crippen LogP contribution in [0.2, 0.25) is 0 Å². The van der Waals surface area contributed by atoms with Gasteiger partial charge >= 0.3 is 0 Å². The first-order chi connectivity index (χ1) is 9.66. The molecule has 1 saturated heterocycles. The van der Waals surface area contributed by atoms with Crippen LogP contribution < -0.4 is 5.32 Å². The van der Waals surface area contributed by atoms with Crippen molar-refractivity contribution in [2.75, 3.05) is 26.2 Å². The van der Waals surface area contributed by atoms with Gasteiger partial charge < -0.3 is 5.32 Å². The Hall–Kier alpha value is -0.490. The average molecular weight is 357 g/mol. The third-order valence-electron chi connectivity index (χ3n) is 4.49. The Labute approximate surface area is 141 Å². The molecule has 1 atom stereocenters. The van der Waals surface area contributed by atoms with E-state index in [1.807, 2.05) is 0 Å². The highest BCUT2D eigenvalue weighted by atomic mass is 35.5. The molecule has 0 amide bonds. The first-order valence-electron chi connectivity index (χ1n) is 7.26. The van der Waals surface area contributed by atoms with Crippen LogP contribution in [0.15, 0.2) is 12.1 Å². The summed E-state index contributed by atoms with van der Waals surface area (Å²) in [6.07, 6.45) is 3.32. The zero-order valence-corrected chi connectivity index (χ0v) is 13.8. The van der Waals surface area contributed by atoms with Gasteiger partial charge in [-0.05, 0) is 36.5 Å². The summed E-state index contributed by atoms with van der Waals surface area (Å²) < 4.78 is 40.2. The Morgan fingerprint density at radius 2 is 1.55 bits per heavy atom. The maximum absolute atomic E-state index is 13.5. The number of nitrogens with one attached hydrogen (secondary N) is 1. The van der Waals surface area contributed by atoms with Gasteiger partial charge in [-0.25, -0.2) is 13.2 Å². The lowest BCUT2D eigenvalue weighted by Crippen LogP contribution is -2.47. The van der Waals surface area contributed by atoms with Gasteiger partial charge in [0.1, 0.15) is 0 Å². The molecule has 22 heavy (non-hydrogen) atoms. The number of hydrogen-bond acceptors (Lipinski definition) is 2. The van der Waals surface area contributed by atoms with Crippen molar-refractivity contribution in [2.24, 2.45) is 5.92 Å². The van der Waals surface area contributed by atoms with E-state index < -0.39 is 17.5 Å². The minimum Gasteiger partial charge on any atom is -0.314 e. The predicted octanol–water partition coefficient (Wildman–Crippen LogP) is 3.69. The quantitative estimate of drug-likeness (QED) is 0.830. The zero-order chi connectivity index (χ0) is 14.1. The molecule has 1 aromatic rings. The van der Waals surface area contributed by atoms with Crippen LogP contribution >= 0.6 is 24.8 Å². The van der Waals surface area contributed by atoms with Crippen molar-refractivity contribution in [3.8, 4) is 0 Å². The summed E-state index contributed by atoms with van der Waals surface area (Å²) in [6, 6.07) is 2.35. The third-order valence-corrected chi connectivity index (χ3v) is 4.49. The Morgan fingerprint density at radius 1 is 1.00 bits per heavy atom. The molecule has 3 rings (SSSR count). The van der Waals surface area contributed by atoms with E-state index in [9.17, 15) is 13.2 Å². The Bertz CT molecular complexity index is 469. The minimum absolute atomic E-state index is 0. The van der Waals surface area contributed by atoms with E-state index in [1.54, 1.807) is 0 Å². The van der Waals surface area contributed by atoms with Crippen molar-refractivity contribution in [1.29, 1.82) is 0 Å². The predicted molar refractivity (Wildman–Crippen MR) is 85.3 cm³/mol. The maximum Gasteiger partial charge on any atom is 0.194 e. The molecular formula is C15H21Cl2F3N2. The Balaban J connectivity index is 0.00000121. The summed E-state index contributed by atoms with van der Waals surface area (Å²) in [6.45, 7) is 3.49. The molecule has 1 aromatic carbocycles. The molecule has 0 aromatic heterocycles. The molecule has 0 unspecified atom stereocenters. The van der Waals surface area contributed by atoms with E-state index in [0.29, 0.717) is 11.5 Å². The van der Waals surface area contributed by atoms with E-state index in [-0.39, 0.29) is 30.9 Å². The summed E-state index contributed by atoms with van der Waals surface area (Å²) in [4.78, 5) is 2.27. The molecule has 2 aliphatic rings. The van der Waals surface area contributed by atoms with Gasteiger partial charge in [0.05, 0.1) is 0 Å². The molecule has 2 fully saturated rings. The van der Waals surface area contributed by atoms with Crippen LogP contribution in [0.5, 0.6) is 0 Å². The van der Waals surface area contributed by atoms with Crippen LogP contribution in [-0.2, 0) is 0 Å². The number of benzene rings is 1. The van der Waals surface area contributed by atoms with Crippen LogP contribution in [0.1, 0.15) is 30.9 Å². The van der Waals surface area contributed by atoms with Crippen molar-refractivity contribution < 1.29 is 13.2 Å². The van der Waals surface area contributed by atoms with Gasteiger partial charge in [0.25, 0.3) is 0 Å². The van der Waals surface area contributed by atoms with E-state index in [0.717, 1.165) is 39.0 Å². The maximum atomic E-state index is 13.5. The average Bonchev–Trinajstić information content (AvgIpc) is 2.40. The van der Waals surface area contributed by atoms with Crippen LogP contribution in [0.25, 0.3) is 0 Å². The fraction of sp³-hybridized carbons (Fsp3) is 0.600. The van der Waals surface area contributed by atoms with E-state index in [4.69, 9.17) is 0 Å². The van der Waals surface area contributed by atoms with Crippen LogP contribution in [-0.4, -0.2) is 31.1 Å². The second kappa shape index (κ2) is 8.39. The van der Waals surface area contributed by atoms with Crippen LogP contribution in [0.4, 0.5) is 13.2 Å².